The van der Waals surface area contributed by atoms with E-state index in [9.17, 15) is 4.79 Å². The van der Waals surface area contributed by atoms with Crippen LogP contribution in [0.4, 0.5) is 0 Å². The van der Waals surface area contributed by atoms with E-state index in [1.54, 1.807) is 13.2 Å². The molecule has 3 nitrogen and oxygen atoms in total. The van der Waals surface area contributed by atoms with Gasteiger partial charge in [-0.05, 0) is 29.8 Å². The lowest BCUT2D eigenvalue weighted by Crippen LogP contribution is -2.17. The summed E-state index contributed by atoms with van der Waals surface area (Å²) < 4.78 is 6.53. The summed E-state index contributed by atoms with van der Waals surface area (Å²) >= 11 is 9.61. The minimum Gasteiger partial charge on any atom is -0.497 e. The number of rotatable bonds is 2. The Kier molecular flexibility index (Phi) is 3.86. The van der Waals surface area contributed by atoms with Crippen molar-refractivity contribution in [3.63, 3.8) is 0 Å². The van der Waals surface area contributed by atoms with Gasteiger partial charge in [-0.3, -0.25) is 4.79 Å². The third-order valence-electron chi connectivity index (χ3n) is 2.13. The minimum absolute atomic E-state index is 0.158. The van der Waals surface area contributed by atoms with E-state index in [1.165, 1.54) is 11.8 Å². The van der Waals surface area contributed by atoms with Crippen LogP contribution in [0.15, 0.2) is 27.6 Å². The highest BCUT2D eigenvalue weighted by Gasteiger charge is 2.22. The highest BCUT2D eigenvalue weighted by molar-refractivity contribution is 9.10. The van der Waals surface area contributed by atoms with Crippen LogP contribution in [0.5, 0.6) is 5.75 Å². The summed E-state index contributed by atoms with van der Waals surface area (Å²) in [4.78, 5) is 12.1. The number of amides is 1. The molecule has 0 unspecified atom stereocenters. The van der Waals surface area contributed by atoms with Gasteiger partial charge in [0.15, 0.2) is 0 Å². The molecule has 0 atom stereocenters. The van der Waals surface area contributed by atoms with Crippen molar-refractivity contribution in [2.24, 2.45) is 0 Å². The van der Waals surface area contributed by atoms with Gasteiger partial charge in [0.1, 0.15) is 10.1 Å². The van der Waals surface area contributed by atoms with Gasteiger partial charge in [0.25, 0.3) is 5.91 Å². The number of carbonyl (C=O) groups is 1. The first-order chi connectivity index (χ1) is 8.10. The standard InChI is InChI=1S/C11H8BrNO2S2/c1-15-7-2-3-8(12)6(4-7)5-9-10(14)13-11(16)17-9/h2-5H,1H3,(H,13,14,16)/b9-5-. The summed E-state index contributed by atoms with van der Waals surface area (Å²) in [6, 6.07) is 5.58. The van der Waals surface area contributed by atoms with Crippen LogP contribution >= 0.6 is 39.9 Å². The topological polar surface area (TPSA) is 38.3 Å². The molecule has 0 saturated carbocycles. The van der Waals surface area contributed by atoms with Crippen LogP contribution in [0.2, 0.25) is 0 Å². The van der Waals surface area contributed by atoms with Crippen molar-refractivity contribution in [1.29, 1.82) is 0 Å². The van der Waals surface area contributed by atoms with Crippen molar-refractivity contribution in [3.8, 4) is 5.75 Å². The molecule has 0 radical (unpaired) electrons. The zero-order chi connectivity index (χ0) is 12.4. The maximum absolute atomic E-state index is 11.5. The molecule has 1 aliphatic heterocycles. The summed E-state index contributed by atoms with van der Waals surface area (Å²) in [6.07, 6.45) is 1.78. The predicted octanol–water partition coefficient (Wildman–Crippen LogP) is 2.95. The number of nitrogens with one attached hydrogen (secondary N) is 1. The molecule has 17 heavy (non-hydrogen) atoms. The minimum atomic E-state index is -0.158. The monoisotopic (exact) mass is 329 g/mol. The van der Waals surface area contributed by atoms with Crippen molar-refractivity contribution in [2.75, 3.05) is 7.11 Å². The van der Waals surface area contributed by atoms with E-state index in [1.807, 2.05) is 18.2 Å². The van der Waals surface area contributed by atoms with E-state index in [0.717, 1.165) is 15.8 Å². The van der Waals surface area contributed by atoms with E-state index >= 15 is 0 Å². The third-order valence-corrected chi connectivity index (χ3v) is 4.02. The zero-order valence-electron chi connectivity index (χ0n) is 8.82. The Labute approximate surface area is 117 Å². The van der Waals surface area contributed by atoms with Crippen LogP contribution in [0.25, 0.3) is 6.08 Å². The molecule has 6 heteroatoms. The van der Waals surface area contributed by atoms with Crippen molar-refractivity contribution in [3.05, 3.63) is 33.1 Å². The molecule has 88 valence electrons. The number of thioether (sulfide) groups is 1. The molecule has 1 aromatic rings. The SMILES string of the molecule is COc1ccc(Br)c(/C=C2\SC(=S)NC2=O)c1. The summed E-state index contributed by atoms with van der Waals surface area (Å²) in [5.41, 5.74) is 0.881. The van der Waals surface area contributed by atoms with Gasteiger partial charge in [-0.1, -0.05) is 39.9 Å². The first-order valence-corrected chi connectivity index (χ1v) is 6.70. The number of hydrogen-bond donors (Lipinski definition) is 1. The number of carbonyl (C=O) groups excluding carboxylic acids is 1. The highest BCUT2D eigenvalue weighted by Crippen LogP contribution is 2.30. The van der Waals surface area contributed by atoms with Crippen LogP contribution < -0.4 is 10.1 Å². The average molecular weight is 330 g/mol. The van der Waals surface area contributed by atoms with Gasteiger partial charge in [0.2, 0.25) is 0 Å². The first-order valence-electron chi connectivity index (χ1n) is 4.68. The molecule has 1 saturated heterocycles. The molecule has 0 spiro atoms. The second kappa shape index (κ2) is 5.20. The molecule has 0 aromatic heterocycles. The third kappa shape index (κ3) is 2.88. The second-order valence-electron chi connectivity index (χ2n) is 3.24. The summed E-state index contributed by atoms with van der Waals surface area (Å²) in [6.45, 7) is 0. The van der Waals surface area contributed by atoms with Crippen molar-refractivity contribution in [1.82, 2.24) is 5.32 Å². The van der Waals surface area contributed by atoms with E-state index in [0.29, 0.717) is 9.23 Å². The van der Waals surface area contributed by atoms with Gasteiger partial charge in [-0.2, -0.15) is 0 Å². The Hall–Kier alpha value is -0.850. The highest BCUT2D eigenvalue weighted by atomic mass is 79.9. The fourth-order valence-electron chi connectivity index (χ4n) is 1.32. The summed E-state index contributed by atoms with van der Waals surface area (Å²) in [7, 11) is 1.60. The molecule has 1 aromatic carbocycles. The number of benzene rings is 1. The summed E-state index contributed by atoms with van der Waals surface area (Å²) in [5.74, 6) is 0.584. The van der Waals surface area contributed by atoms with Crippen LogP contribution in [-0.2, 0) is 4.79 Å². The fraction of sp³-hybridized carbons (Fsp3) is 0.0909. The quantitative estimate of drug-likeness (QED) is 0.668. The molecule has 1 N–H and O–H groups in total. The van der Waals surface area contributed by atoms with Gasteiger partial charge in [0, 0.05) is 4.47 Å². The van der Waals surface area contributed by atoms with Crippen LogP contribution in [-0.4, -0.2) is 17.3 Å². The lowest BCUT2D eigenvalue weighted by atomic mass is 10.2. The largest absolute Gasteiger partial charge is 0.497 e. The van der Waals surface area contributed by atoms with Gasteiger partial charge in [-0.25, -0.2) is 0 Å². The first kappa shape index (κ1) is 12.6. The Balaban J connectivity index is 2.38. The second-order valence-corrected chi connectivity index (χ2v) is 5.81. The van der Waals surface area contributed by atoms with Crippen molar-refractivity contribution >= 4 is 56.2 Å². The number of methoxy groups -OCH3 is 1. The number of ether oxygens (including phenoxy) is 1. The summed E-state index contributed by atoms with van der Waals surface area (Å²) in [5, 5.41) is 2.58. The average Bonchev–Trinajstić information content (AvgIpc) is 2.60. The van der Waals surface area contributed by atoms with Gasteiger partial charge in [0.05, 0.1) is 12.0 Å². The van der Waals surface area contributed by atoms with Gasteiger partial charge < -0.3 is 10.1 Å². The Bertz CT molecular complexity index is 528. The van der Waals surface area contributed by atoms with Gasteiger partial charge >= 0.3 is 0 Å². The maximum atomic E-state index is 11.5. The Morgan fingerprint density at radius 1 is 1.53 bits per heavy atom. The molecular weight excluding hydrogens is 322 g/mol. The lowest BCUT2D eigenvalue weighted by molar-refractivity contribution is -0.115. The van der Waals surface area contributed by atoms with E-state index < -0.39 is 0 Å². The van der Waals surface area contributed by atoms with Crippen LogP contribution in [0.1, 0.15) is 5.56 Å². The molecule has 1 heterocycles. The van der Waals surface area contributed by atoms with Crippen LogP contribution in [0.3, 0.4) is 0 Å². The number of hydrogen-bond acceptors (Lipinski definition) is 4. The molecular formula is C11H8BrNO2S2. The molecule has 0 aliphatic carbocycles. The van der Waals surface area contributed by atoms with Crippen molar-refractivity contribution < 1.29 is 9.53 Å². The van der Waals surface area contributed by atoms with Gasteiger partial charge in [-0.15, -0.1) is 0 Å². The molecule has 1 aliphatic rings. The van der Waals surface area contributed by atoms with E-state index in [-0.39, 0.29) is 5.91 Å². The molecule has 2 rings (SSSR count). The fourth-order valence-corrected chi connectivity index (χ4v) is 2.72. The number of halogens is 1. The molecule has 0 bridgehead atoms. The van der Waals surface area contributed by atoms with Crippen molar-refractivity contribution in [2.45, 2.75) is 0 Å². The predicted molar refractivity (Wildman–Crippen MR) is 77.0 cm³/mol. The van der Waals surface area contributed by atoms with E-state index in [2.05, 4.69) is 21.2 Å². The molecule has 1 amide bonds. The normalized spacial score (nSPS) is 17.4. The number of thiocarbonyl (C=S) groups is 1. The smallest absolute Gasteiger partial charge is 0.263 e. The lowest BCUT2D eigenvalue weighted by Gasteiger charge is -2.03. The maximum Gasteiger partial charge on any atom is 0.263 e. The Morgan fingerprint density at radius 3 is 2.88 bits per heavy atom. The Morgan fingerprint density at radius 2 is 2.29 bits per heavy atom. The molecule has 1 fully saturated rings. The van der Waals surface area contributed by atoms with Crippen LogP contribution in [0, 0.1) is 0 Å². The zero-order valence-corrected chi connectivity index (χ0v) is 12.0. The van der Waals surface area contributed by atoms with E-state index in [4.69, 9.17) is 17.0 Å².